The summed E-state index contributed by atoms with van der Waals surface area (Å²) in [6, 6.07) is 16.5. The lowest BCUT2D eigenvalue weighted by atomic mass is 10.2. The van der Waals surface area contributed by atoms with Gasteiger partial charge in [0.1, 0.15) is 0 Å². The van der Waals surface area contributed by atoms with Gasteiger partial charge in [-0.15, -0.1) is 0 Å². The van der Waals surface area contributed by atoms with Crippen molar-refractivity contribution in [1.82, 2.24) is 0 Å². The summed E-state index contributed by atoms with van der Waals surface area (Å²) in [4.78, 5) is 11.8. The summed E-state index contributed by atoms with van der Waals surface area (Å²) in [6.45, 7) is 0.152. The first kappa shape index (κ1) is 14.1. The van der Waals surface area contributed by atoms with Crippen LogP contribution in [0.4, 0.5) is 11.4 Å². The molecule has 4 nitrogen and oxygen atoms in total. The van der Waals surface area contributed by atoms with Crippen LogP contribution in [-0.2, 0) is 4.79 Å². The van der Waals surface area contributed by atoms with Crippen LogP contribution in [0.5, 0.6) is 0 Å². The van der Waals surface area contributed by atoms with E-state index in [0.717, 1.165) is 15.8 Å². The molecule has 20 heavy (non-hydrogen) atoms. The Labute approximate surface area is 125 Å². The number of halogens is 1. The molecule has 0 fully saturated rings. The maximum Gasteiger partial charge on any atom is 0.243 e. The molecular formula is C15H12BrN3O. The highest BCUT2D eigenvalue weighted by Gasteiger charge is 2.05. The molecule has 0 radical (unpaired) electrons. The van der Waals surface area contributed by atoms with Crippen LogP contribution in [0.2, 0.25) is 0 Å². The number of benzene rings is 2. The quantitative estimate of drug-likeness (QED) is 0.903. The van der Waals surface area contributed by atoms with Crippen LogP contribution in [0.1, 0.15) is 5.56 Å². The molecule has 0 unspecified atom stereocenters. The molecule has 5 heteroatoms. The van der Waals surface area contributed by atoms with Gasteiger partial charge in [0.2, 0.25) is 5.91 Å². The SMILES string of the molecule is N#Cc1ccc(NCC(=O)Nc2ccccc2)c(Br)c1. The minimum atomic E-state index is -0.132. The van der Waals surface area contributed by atoms with Crippen molar-refractivity contribution in [3.63, 3.8) is 0 Å². The molecule has 0 saturated heterocycles. The first-order chi connectivity index (χ1) is 9.69. The highest BCUT2D eigenvalue weighted by molar-refractivity contribution is 9.10. The van der Waals surface area contributed by atoms with E-state index in [1.165, 1.54) is 0 Å². The Kier molecular flexibility index (Phi) is 4.75. The third-order valence-electron chi connectivity index (χ3n) is 2.60. The fourth-order valence-electron chi connectivity index (χ4n) is 1.63. The van der Waals surface area contributed by atoms with Gasteiger partial charge in [-0.25, -0.2) is 0 Å². The van der Waals surface area contributed by atoms with Crippen LogP contribution in [0.15, 0.2) is 53.0 Å². The fourth-order valence-corrected chi connectivity index (χ4v) is 2.15. The molecule has 0 aliphatic carbocycles. The lowest BCUT2D eigenvalue weighted by Crippen LogP contribution is -2.21. The normalized spacial score (nSPS) is 9.60. The number of carbonyl (C=O) groups excluding carboxylic acids is 1. The van der Waals surface area contributed by atoms with Crippen molar-refractivity contribution in [2.75, 3.05) is 17.2 Å². The summed E-state index contributed by atoms with van der Waals surface area (Å²) in [5, 5.41) is 14.6. The third-order valence-corrected chi connectivity index (χ3v) is 3.25. The van der Waals surface area contributed by atoms with Crippen molar-refractivity contribution in [1.29, 1.82) is 5.26 Å². The molecule has 0 aromatic heterocycles. The number of nitrogens with zero attached hydrogens (tertiary/aromatic N) is 1. The molecule has 2 aromatic rings. The smallest absolute Gasteiger partial charge is 0.243 e. The van der Waals surface area contributed by atoms with Crippen LogP contribution in [0.3, 0.4) is 0 Å². The topological polar surface area (TPSA) is 64.9 Å². The second kappa shape index (κ2) is 6.73. The average Bonchev–Trinajstić information content (AvgIpc) is 2.47. The summed E-state index contributed by atoms with van der Waals surface area (Å²) in [6.07, 6.45) is 0. The lowest BCUT2D eigenvalue weighted by Gasteiger charge is -2.09. The molecule has 0 aliphatic heterocycles. The molecule has 0 saturated carbocycles. The molecule has 100 valence electrons. The van der Waals surface area contributed by atoms with Gasteiger partial charge in [-0.3, -0.25) is 4.79 Å². The molecular weight excluding hydrogens is 318 g/mol. The minimum absolute atomic E-state index is 0.132. The summed E-state index contributed by atoms with van der Waals surface area (Å²) >= 11 is 3.36. The van der Waals surface area contributed by atoms with E-state index in [2.05, 4.69) is 32.6 Å². The van der Waals surface area contributed by atoms with Crippen LogP contribution in [0, 0.1) is 11.3 Å². The van der Waals surface area contributed by atoms with E-state index in [-0.39, 0.29) is 12.5 Å². The van der Waals surface area contributed by atoms with Crippen molar-refractivity contribution >= 4 is 33.2 Å². The Morgan fingerprint density at radius 1 is 1.20 bits per heavy atom. The number of rotatable bonds is 4. The Hall–Kier alpha value is -2.32. The molecule has 0 aliphatic rings. The number of anilines is 2. The number of carbonyl (C=O) groups is 1. The van der Waals surface area contributed by atoms with E-state index in [9.17, 15) is 4.79 Å². The molecule has 1 amide bonds. The number of amides is 1. The van der Waals surface area contributed by atoms with E-state index in [0.29, 0.717) is 5.56 Å². The van der Waals surface area contributed by atoms with Gasteiger partial charge in [0.05, 0.1) is 18.2 Å². The van der Waals surface area contributed by atoms with Crippen molar-refractivity contribution in [2.45, 2.75) is 0 Å². The minimum Gasteiger partial charge on any atom is -0.375 e. The molecule has 2 N–H and O–H groups in total. The predicted octanol–water partition coefficient (Wildman–Crippen LogP) is 3.37. The first-order valence-electron chi connectivity index (χ1n) is 5.97. The number of hydrogen-bond donors (Lipinski definition) is 2. The zero-order chi connectivity index (χ0) is 14.4. The third kappa shape index (κ3) is 3.84. The largest absolute Gasteiger partial charge is 0.375 e. The van der Waals surface area contributed by atoms with Gasteiger partial charge >= 0.3 is 0 Å². The van der Waals surface area contributed by atoms with Crippen molar-refractivity contribution in [3.8, 4) is 6.07 Å². The van der Waals surface area contributed by atoms with Crippen molar-refractivity contribution < 1.29 is 4.79 Å². The number of nitriles is 1. The first-order valence-corrected chi connectivity index (χ1v) is 6.77. The molecule has 0 spiro atoms. The van der Waals surface area contributed by atoms with E-state index >= 15 is 0 Å². The van der Waals surface area contributed by atoms with Crippen LogP contribution >= 0.6 is 15.9 Å². The van der Waals surface area contributed by atoms with Crippen LogP contribution in [0.25, 0.3) is 0 Å². The van der Waals surface area contributed by atoms with Gasteiger partial charge in [0.15, 0.2) is 0 Å². The molecule has 0 bridgehead atoms. The Balaban J connectivity index is 1.92. The van der Waals surface area contributed by atoms with Crippen molar-refractivity contribution in [2.24, 2.45) is 0 Å². The summed E-state index contributed by atoms with van der Waals surface area (Å²) in [7, 11) is 0. The van der Waals surface area contributed by atoms with Gasteiger partial charge in [-0.2, -0.15) is 5.26 Å². The highest BCUT2D eigenvalue weighted by atomic mass is 79.9. The molecule has 2 aromatic carbocycles. The summed E-state index contributed by atoms with van der Waals surface area (Å²) in [5.74, 6) is -0.132. The lowest BCUT2D eigenvalue weighted by molar-refractivity contribution is -0.114. The maximum atomic E-state index is 11.8. The average molecular weight is 330 g/mol. The summed E-state index contributed by atoms with van der Waals surface area (Å²) < 4.78 is 0.754. The van der Waals surface area contributed by atoms with Crippen LogP contribution < -0.4 is 10.6 Å². The van der Waals surface area contributed by atoms with Gasteiger partial charge < -0.3 is 10.6 Å². The number of hydrogen-bond acceptors (Lipinski definition) is 3. The van der Waals surface area contributed by atoms with E-state index in [1.807, 2.05) is 30.3 Å². The van der Waals surface area contributed by atoms with E-state index in [4.69, 9.17) is 5.26 Å². The zero-order valence-corrected chi connectivity index (χ0v) is 12.1. The Morgan fingerprint density at radius 3 is 2.60 bits per heavy atom. The standard InChI is InChI=1S/C15H12BrN3O/c16-13-8-11(9-17)6-7-14(13)18-10-15(20)19-12-4-2-1-3-5-12/h1-8,18H,10H2,(H,19,20). The number of nitrogens with one attached hydrogen (secondary N) is 2. The van der Waals surface area contributed by atoms with E-state index in [1.54, 1.807) is 18.2 Å². The maximum absolute atomic E-state index is 11.8. The van der Waals surface area contributed by atoms with Gasteiger partial charge in [0, 0.05) is 15.8 Å². The number of para-hydroxylation sites is 1. The van der Waals surface area contributed by atoms with Gasteiger partial charge in [0.25, 0.3) is 0 Å². The van der Waals surface area contributed by atoms with Crippen LogP contribution in [-0.4, -0.2) is 12.5 Å². The van der Waals surface area contributed by atoms with Gasteiger partial charge in [-0.05, 0) is 46.3 Å². The monoisotopic (exact) mass is 329 g/mol. The van der Waals surface area contributed by atoms with Gasteiger partial charge in [-0.1, -0.05) is 18.2 Å². The zero-order valence-electron chi connectivity index (χ0n) is 10.6. The highest BCUT2D eigenvalue weighted by Crippen LogP contribution is 2.23. The second-order valence-electron chi connectivity index (χ2n) is 4.07. The molecule has 0 atom stereocenters. The fraction of sp³-hybridized carbons (Fsp3) is 0.0667. The Morgan fingerprint density at radius 2 is 1.95 bits per heavy atom. The molecule has 2 rings (SSSR count). The summed E-state index contributed by atoms with van der Waals surface area (Å²) in [5.41, 5.74) is 2.10. The van der Waals surface area contributed by atoms with Crippen molar-refractivity contribution in [3.05, 3.63) is 58.6 Å². The molecule has 0 heterocycles. The Bertz CT molecular complexity index is 650. The van der Waals surface area contributed by atoms with E-state index < -0.39 is 0 Å². The predicted molar refractivity (Wildman–Crippen MR) is 82.4 cm³/mol. The second-order valence-corrected chi connectivity index (χ2v) is 4.93.